The average molecular weight is 339 g/mol. The van der Waals surface area contributed by atoms with Crippen molar-refractivity contribution >= 4 is 5.91 Å². The van der Waals surface area contributed by atoms with Crippen molar-refractivity contribution in [2.75, 3.05) is 13.2 Å². The Morgan fingerprint density at radius 3 is 2.72 bits per heavy atom. The summed E-state index contributed by atoms with van der Waals surface area (Å²) < 4.78 is 11.3. The van der Waals surface area contributed by atoms with E-state index in [-0.39, 0.29) is 11.9 Å². The van der Waals surface area contributed by atoms with Crippen LogP contribution in [0.15, 0.2) is 42.5 Å². The molecule has 1 N–H and O–H groups in total. The van der Waals surface area contributed by atoms with Gasteiger partial charge in [0.25, 0.3) is 0 Å². The summed E-state index contributed by atoms with van der Waals surface area (Å²) in [5.74, 6) is 1.79. The number of aryl methyl sites for hydroxylation is 2. The fourth-order valence-electron chi connectivity index (χ4n) is 2.99. The molecule has 0 saturated heterocycles. The summed E-state index contributed by atoms with van der Waals surface area (Å²) in [6.07, 6.45) is 1.97. The zero-order chi connectivity index (χ0) is 17.6. The van der Waals surface area contributed by atoms with Crippen LogP contribution in [0.25, 0.3) is 0 Å². The molecule has 1 amide bonds. The molecule has 0 aliphatic carbocycles. The molecule has 132 valence electrons. The molecule has 1 aliphatic rings. The van der Waals surface area contributed by atoms with Crippen LogP contribution in [0.4, 0.5) is 0 Å². The highest BCUT2D eigenvalue weighted by molar-refractivity contribution is 5.76. The minimum atomic E-state index is 0.0363. The van der Waals surface area contributed by atoms with E-state index in [1.165, 1.54) is 11.1 Å². The summed E-state index contributed by atoms with van der Waals surface area (Å²) in [5.41, 5.74) is 3.46. The summed E-state index contributed by atoms with van der Waals surface area (Å²) >= 11 is 0. The van der Waals surface area contributed by atoms with Crippen molar-refractivity contribution in [3.05, 3.63) is 59.2 Å². The Morgan fingerprint density at radius 1 is 1.16 bits per heavy atom. The van der Waals surface area contributed by atoms with Crippen molar-refractivity contribution in [2.45, 2.75) is 39.2 Å². The van der Waals surface area contributed by atoms with Crippen LogP contribution >= 0.6 is 0 Å². The lowest BCUT2D eigenvalue weighted by molar-refractivity contribution is -0.122. The van der Waals surface area contributed by atoms with Crippen molar-refractivity contribution in [3.63, 3.8) is 0 Å². The predicted molar refractivity (Wildman–Crippen MR) is 98.1 cm³/mol. The van der Waals surface area contributed by atoms with E-state index < -0.39 is 0 Å². The molecule has 1 heterocycles. The molecule has 1 unspecified atom stereocenters. The van der Waals surface area contributed by atoms with Crippen LogP contribution in [0.1, 0.15) is 42.0 Å². The molecular weight excluding hydrogens is 314 g/mol. The quantitative estimate of drug-likeness (QED) is 0.806. The third kappa shape index (κ3) is 4.75. The number of carbonyl (C=O) groups is 1. The van der Waals surface area contributed by atoms with Crippen LogP contribution in [-0.2, 0) is 4.79 Å². The molecule has 0 aromatic heterocycles. The molecule has 0 radical (unpaired) electrons. The standard InChI is InChI=1S/C21H25NO3/c1-15-5-8-17(9-6-15)24-12-3-4-21(23)22-19-11-13-25-20-10-7-16(2)14-18(19)20/h5-10,14,19H,3-4,11-13H2,1-2H3,(H,22,23). The third-order valence-corrected chi connectivity index (χ3v) is 4.38. The van der Waals surface area contributed by atoms with Gasteiger partial charge in [-0.2, -0.15) is 0 Å². The summed E-state index contributed by atoms with van der Waals surface area (Å²) in [6, 6.07) is 14.1. The van der Waals surface area contributed by atoms with Gasteiger partial charge in [0, 0.05) is 18.4 Å². The summed E-state index contributed by atoms with van der Waals surface area (Å²) in [6.45, 7) is 5.28. The Morgan fingerprint density at radius 2 is 1.92 bits per heavy atom. The number of carbonyl (C=O) groups excluding carboxylic acids is 1. The van der Waals surface area contributed by atoms with Gasteiger partial charge in [-0.15, -0.1) is 0 Å². The molecule has 0 spiro atoms. The minimum Gasteiger partial charge on any atom is -0.494 e. The number of benzene rings is 2. The number of rotatable bonds is 6. The Balaban J connectivity index is 1.45. The highest BCUT2D eigenvalue weighted by Crippen LogP contribution is 2.32. The van der Waals surface area contributed by atoms with E-state index in [1.54, 1.807) is 0 Å². The topological polar surface area (TPSA) is 47.6 Å². The van der Waals surface area contributed by atoms with Crippen LogP contribution in [-0.4, -0.2) is 19.1 Å². The summed E-state index contributed by atoms with van der Waals surface area (Å²) in [5, 5.41) is 3.13. The maximum absolute atomic E-state index is 12.3. The fraction of sp³-hybridized carbons (Fsp3) is 0.381. The minimum absolute atomic E-state index is 0.0363. The van der Waals surface area contributed by atoms with Crippen LogP contribution in [0.3, 0.4) is 0 Å². The lowest BCUT2D eigenvalue weighted by Crippen LogP contribution is -2.32. The first-order valence-electron chi connectivity index (χ1n) is 8.84. The van der Waals surface area contributed by atoms with Crippen molar-refractivity contribution in [1.29, 1.82) is 0 Å². The SMILES string of the molecule is Cc1ccc(OCCCC(=O)NC2CCOc3ccc(C)cc32)cc1. The van der Waals surface area contributed by atoms with Crippen molar-refractivity contribution in [1.82, 2.24) is 5.32 Å². The van der Waals surface area contributed by atoms with E-state index in [9.17, 15) is 4.79 Å². The molecule has 4 heteroatoms. The van der Waals surface area contributed by atoms with Crippen LogP contribution in [0.2, 0.25) is 0 Å². The van der Waals surface area contributed by atoms with Gasteiger partial charge in [-0.25, -0.2) is 0 Å². The molecule has 0 bridgehead atoms. The molecule has 1 atom stereocenters. The lowest BCUT2D eigenvalue weighted by Gasteiger charge is -2.27. The zero-order valence-corrected chi connectivity index (χ0v) is 14.9. The van der Waals surface area contributed by atoms with Gasteiger partial charge in [-0.1, -0.05) is 35.4 Å². The Bertz CT molecular complexity index is 724. The van der Waals surface area contributed by atoms with Crippen LogP contribution < -0.4 is 14.8 Å². The first kappa shape index (κ1) is 17.3. The Kier molecular flexibility index (Phi) is 5.59. The number of fused-ring (bicyclic) bond motifs is 1. The monoisotopic (exact) mass is 339 g/mol. The molecule has 2 aromatic rings. The molecule has 0 saturated carbocycles. The molecule has 3 rings (SSSR count). The molecule has 0 fully saturated rings. The maximum Gasteiger partial charge on any atom is 0.220 e. The van der Waals surface area contributed by atoms with Crippen LogP contribution in [0, 0.1) is 13.8 Å². The first-order chi connectivity index (χ1) is 12.1. The van der Waals surface area contributed by atoms with Crippen molar-refractivity contribution < 1.29 is 14.3 Å². The van der Waals surface area contributed by atoms with E-state index in [0.717, 1.165) is 23.5 Å². The smallest absolute Gasteiger partial charge is 0.220 e. The fourth-order valence-corrected chi connectivity index (χ4v) is 2.99. The first-order valence-corrected chi connectivity index (χ1v) is 8.84. The third-order valence-electron chi connectivity index (χ3n) is 4.38. The Hall–Kier alpha value is -2.49. The van der Waals surface area contributed by atoms with Gasteiger partial charge in [0.1, 0.15) is 11.5 Å². The molecular formula is C21H25NO3. The summed E-state index contributed by atoms with van der Waals surface area (Å²) in [4.78, 5) is 12.3. The van der Waals surface area contributed by atoms with Gasteiger partial charge < -0.3 is 14.8 Å². The van der Waals surface area contributed by atoms with E-state index in [4.69, 9.17) is 9.47 Å². The van der Waals surface area contributed by atoms with Gasteiger partial charge in [0.15, 0.2) is 0 Å². The second-order valence-corrected chi connectivity index (χ2v) is 6.56. The van der Waals surface area contributed by atoms with E-state index in [2.05, 4.69) is 18.3 Å². The van der Waals surface area contributed by atoms with Crippen LogP contribution in [0.5, 0.6) is 11.5 Å². The average Bonchev–Trinajstić information content (AvgIpc) is 2.61. The lowest BCUT2D eigenvalue weighted by atomic mass is 9.98. The van der Waals surface area contributed by atoms with Gasteiger partial charge in [-0.05, 0) is 38.5 Å². The van der Waals surface area contributed by atoms with E-state index in [0.29, 0.717) is 26.1 Å². The van der Waals surface area contributed by atoms with Gasteiger partial charge >= 0.3 is 0 Å². The number of hydrogen-bond acceptors (Lipinski definition) is 3. The number of hydrogen-bond donors (Lipinski definition) is 1. The van der Waals surface area contributed by atoms with Gasteiger partial charge in [0.2, 0.25) is 5.91 Å². The number of amides is 1. The maximum atomic E-state index is 12.3. The highest BCUT2D eigenvalue weighted by Gasteiger charge is 2.22. The van der Waals surface area contributed by atoms with E-state index >= 15 is 0 Å². The molecule has 2 aromatic carbocycles. The molecule has 4 nitrogen and oxygen atoms in total. The molecule has 1 aliphatic heterocycles. The van der Waals surface area contributed by atoms with Crippen molar-refractivity contribution in [2.24, 2.45) is 0 Å². The zero-order valence-electron chi connectivity index (χ0n) is 14.9. The largest absolute Gasteiger partial charge is 0.494 e. The number of ether oxygens (including phenoxy) is 2. The highest BCUT2D eigenvalue weighted by atomic mass is 16.5. The van der Waals surface area contributed by atoms with Gasteiger partial charge in [0.05, 0.1) is 19.3 Å². The van der Waals surface area contributed by atoms with E-state index in [1.807, 2.05) is 43.3 Å². The summed E-state index contributed by atoms with van der Waals surface area (Å²) in [7, 11) is 0. The Labute approximate surface area is 149 Å². The second kappa shape index (κ2) is 8.06. The second-order valence-electron chi connectivity index (χ2n) is 6.56. The number of nitrogens with one attached hydrogen (secondary N) is 1. The predicted octanol–water partition coefficient (Wildman–Crippen LogP) is 4.10. The van der Waals surface area contributed by atoms with Crippen molar-refractivity contribution in [3.8, 4) is 11.5 Å². The normalized spacial score (nSPS) is 15.8. The molecule has 25 heavy (non-hydrogen) atoms. The van der Waals surface area contributed by atoms with Gasteiger partial charge in [-0.3, -0.25) is 4.79 Å².